The normalized spacial score (nSPS) is 18.6. The van der Waals surface area contributed by atoms with Crippen LogP contribution in [0.5, 0.6) is 0 Å². The Bertz CT molecular complexity index is 134. The molecule has 0 atom stereocenters. The molecular formula is C14H29N. The highest BCUT2D eigenvalue weighted by Crippen LogP contribution is 2.27. The van der Waals surface area contributed by atoms with Crippen LogP contribution in [0.4, 0.5) is 0 Å². The van der Waals surface area contributed by atoms with Crippen molar-refractivity contribution in [1.82, 2.24) is 4.90 Å². The molecule has 0 aromatic rings. The lowest BCUT2D eigenvalue weighted by molar-refractivity contribution is 0.280. The molecule has 0 spiro atoms. The van der Waals surface area contributed by atoms with Gasteiger partial charge in [0, 0.05) is 0 Å². The summed E-state index contributed by atoms with van der Waals surface area (Å²) in [6.07, 6.45) is 11.9. The minimum atomic E-state index is 1.08. The summed E-state index contributed by atoms with van der Waals surface area (Å²) in [5.41, 5.74) is 0. The van der Waals surface area contributed by atoms with Crippen molar-refractivity contribution < 1.29 is 0 Å². The first-order valence-electron chi connectivity index (χ1n) is 7.09. The maximum absolute atomic E-state index is 2.54. The second-order valence-electron chi connectivity index (χ2n) is 5.03. The fraction of sp³-hybridized carbons (Fsp3) is 1.00. The summed E-state index contributed by atoms with van der Waals surface area (Å²) in [6.45, 7) is 8.30. The lowest BCUT2D eigenvalue weighted by atomic mass is 9.86. The molecule has 0 N–H and O–H groups in total. The molecule has 0 aromatic carbocycles. The topological polar surface area (TPSA) is 3.24 Å². The summed E-state index contributed by atoms with van der Waals surface area (Å²) in [7, 11) is 0. The molecule has 0 unspecified atom stereocenters. The van der Waals surface area contributed by atoms with Crippen LogP contribution in [0, 0.1) is 5.92 Å². The highest BCUT2D eigenvalue weighted by molar-refractivity contribution is 4.66. The van der Waals surface area contributed by atoms with Gasteiger partial charge in [0.15, 0.2) is 0 Å². The highest BCUT2D eigenvalue weighted by atomic mass is 15.1. The maximum atomic E-state index is 2.54. The molecule has 1 heteroatoms. The fourth-order valence-electron chi connectivity index (χ4n) is 2.78. The molecule has 0 amide bonds. The van der Waals surface area contributed by atoms with Crippen molar-refractivity contribution >= 4 is 0 Å². The van der Waals surface area contributed by atoms with Crippen molar-refractivity contribution in [2.24, 2.45) is 5.92 Å². The standard InChI is InChI=1S/C14H29N/c1-3-15(4-2)13-9-8-12-14-10-6-5-7-11-14/h14H,3-13H2,1-2H3. The first-order chi connectivity index (χ1) is 7.36. The van der Waals surface area contributed by atoms with Crippen LogP contribution in [0.15, 0.2) is 0 Å². The zero-order valence-electron chi connectivity index (χ0n) is 10.8. The molecule has 1 rings (SSSR count). The second kappa shape index (κ2) is 8.15. The van der Waals surface area contributed by atoms with E-state index in [1.54, 1.807) is 0 Å². The maximum Gasteiger partial charge on any atom is -0.00190 e. The van der Waals surface area contributed by atoms with Gasteiger partial charge in [-0.2, -0.15) is 0 Å². The van der Waals surface area contributed by atoms with Gasteiger partial charge in [-0.15, -0.1) is 0 Å². The van der Waals surface area contributed by atoms with Gasteiger partial charge in [-0.3, -0.25) is 0 Å². The molecule has 0 radical (unpaired) electrons. The Kier molecular flexibility index (Phi) is 7.08. The second-order valence-corrected chi connectivity index (χ2v) is 5.03. The van der Waals surface area contributed by atoms with E-state index in [0.29, 0.717) is 0 Å². The van der Waals surface area contributed by atoms with Crippen LogP contribution in [-0.4, -0.2) is 24.5 Å². The largest absolute Gasteiger partial charge is 0.304 e. The van der Waals surface area contributed by atoms with Crippen molar-refractivity contribution in [2.45, 2.75) is 65.2 Å². The van der Waals surface area contributed by atoms with E-state index in [1.807, 2.05) is 0 Å². The van der Waals surface area contributed by atoms with Crippen LogP contribution >= 0.6 is 0 Å². The molecule has 1 fully saturated rings. The molecule has 1 nitrogen and oxygen atoms in total. The molecule has 0 aliphatic heterocycles. The average Bonchev–Trinajstić information content (AvgIpc) is 2.31. The van der Waals surface area contributed by atoms with Crippen molar-refractivity contribution in [1.29, 1.82) is 0 Å². The molecule has 0 aromatic heterocycles. The van der Waals surface area contributed by atoms with Crippen molar-refractivity contribution in [3.8, 4) is 0 Å². The Morgan fingerprint density at radius 2 is 1.60 bits per heavy atom. The number of unbranched alkanes of at least 4 members (excludes halogenated alkanes) is 1. The molecule has 0 heterocycles. The molecule has 1 aliphatic rings. The van der Waals surface area contributed by atoms with E-state index in [-0.39, 0.29) is 0 Å². The van der Waals surface area contributed by atoms with Crippen LogP contribution in [-0.2, 0) is 0 Å². The van der Waals surface area contributed by atoms with E-state index in [9.17, 15) is 0 Å². The summed E-state index contributed by atoms with van der Waals surface area (Å²) in [4.78, 5) is 2.54. The fourth-order valence-corrected chi connectivity index (χ4v) is 2.78. The van der Waals surface area contributed by atoms with Gasteiger partial charge < -0.3 is 4.90 Å². The quantitative estimate of drug-likeness (QED) is 0.574. The lowest BCUT2D eigenvalue weighted by Gasteiger charge is -2.22. The minimum Gasteiger partial charge on any atom is -0.304 e. The average molecular weight is 211 g/mol. The molecule has 1 aliphatic carbocycles. The smallest absolute Gasteiger partial charge is 0.00190 e. The van der Waals surface area contributed by atoms with Gasteiger partial charge in [0.2, 0.25) is 0 Å². The number of hydrogen-bond acceptors (Lipinski definition) is 1. The summed E-state index contributed by atoms with van der Waals surface area (Å²) in [5, 5.41) is 0. The Labute approximate surface area is 96.2 Å². The molecule has 90 valence electrons. The first kappa shape index (κ1) is 13.0. The van der Waals surface area contributed by atoms with Crippen LogP contribution < -0.4 is 0 Å². The zero-order valence-corrected chi connectivity index (χ0v) is 10.8. The van der Waals surface area contributed by atoms with Crippen molar-refractivity contribution in [3.63, 3.8) is 0 Å². The van der Waals surface area contributed by atoms with Crippen LogP contribution in [0.2, 0.25) is 0 Å². The Hall–Kier alpha value is -0.0400. The van der Waals surface area contributed by atoms with Gasteiger partial charge in [0.05, 0.1) is 0 Å². The summed E-state index contributed by atoms with van der Waals surface area (Å²) >= 11 is 0. The van der Waals surface area contributed by atoms with Gasteiger partial charge in [0.25, 0.3) is 0 Å². The minimum absolute atomic E-state index is 1.08. The summed E-state index contributed by atoms with van der Waals surface area (Å²) < 4.78 is 0. The predicted octanol–water partition coefficient (Wildman–Crippen LogP) is 4.08. The van der Waals surface area contributed by atoms with Crippen molar-refractivity contribution in [2.75, 3.05) is 19.6 Å². The molecule has 0 saturated heterocycles. The molecular weight excluding hydrogens is 182 g/mol. The van der Waals surface area contributed by atoms with Gasteiger partial charge in [0.1, 0.15) is 0 Å². The van der Waals surface area contributed by atoms with E-state index in [4.69, 9.17) is 0 Å². The van der Waals surface area contributed by atoms with Gasteiger partial charge in [-0.05, 0) is 32.0 Å². The van der Waals surface area contributed by atoms with E-state index >= 15 is 0 Å². The monoisotopic (exact) mass is 211 g/mol. The molecule has 15 heavy (non-hydrogen) atoms. The third-order valence-corrected chi connectivity index (χ3v) is 3.96. The summed E-state index contributed by atoms with van der Waals surface area (Å²) in [6, 6.07) is 0. The number of nitrogens with zero attached hydrogens (tertiary/aromatic N) is 1. The molecule has 0 bridgehead atoms. The summed E-state index contributed by atoms with van der Waals surface area (Å²) in [5.74, 6) is 1.08. The van der Waals surface area contributed by atoms with Crippen LogP contribution in [0.25, 0.3) is 0 Å². The van der Waals surface area contributed by atoms with Crippen LogP contribution in [0.3, 0.4) is 0 Å². The van der Waals surface area contributed by atoms with Gasteiger partial charge in [-0.1, -0.05) is 58.8 Å². The lowest BCUT2D eigenvalue weighted by Crippen LogP contribution is -2.24. The van der Waals surface area contributed by atoms with E-state index in [1.165, 1.54) is 71.0 Å². The third-order valence-electron chi connectivity index (χ3n) is 3.96. The van der Waals surface area contributed by atoms with Gasteiger partial charge >= 0.3 is 0 Å². The Morgan fingerprint density at radius 3 is 2.20 bits per heavy atom. The SMILES string of the molecule is CCN(CC)CCCCC1CCCCC1. The predicted molar refractivity (Wildman–Crippen MR) is 68.2 cm³/mol. The highest BCUT2D eigenvalue weighted by Gasteiger charge is 2.12. The Balaban J connectivity index is 1.95. The van der Waals surface area contributed by atoms with Gasteiger partial charge in [-0.25, -0.2) is 0 Å². The van der Waals surface area contributed by atoms with E-state index in [0.717, 1.165) is 5.92 Å². The molecule has 1 saturated carbocycles. The number of hydrogen-bond donors (Lipinski definition) is 0. The zero-order chi connectivity index (χ0) is 10.9. The van der Waals surface area contributed by atoms with E-state index in [2.05, 4.69) is 18.7 Å². The van der Waals surface area contributed by atoms with Crippen molar-refractivity contribution in [3.05, 3.63) is 0 Å². The van der Waals surface area contributed by atoms with Crippen LogP contribution in [0.1, 0.15) is 65.2 Å². The van der Waals surface area contributed by atoms with E-state index < -0.39 is 0 Å². The first-order valence-corrected chi connectivity index (χ1v) is 7.09. The third kappa shape index (κ3) is 5.55. The number of rotatable bonds is 7. The Morgan fingerprint density at radius 1 is 0.933 bits per heavy atom.